The third kappa shape index (κ3) is 4.61. The van der Waals surface area contributed by atoms with Crippen molar-refractivity contribution in [3.63, 3.8) is 0 Å². The highest BCUT2D eigenvalue weighted by Gasteiger charge is 2.26. The fourth-order valence-corrected chi connectivity index (χ4v) is 3.31. The van der Waals surface area contributed by atoms with Crippen molar-refractivity contribution in [1.82, 2.24) is 4.57 Å². The molecule has 1 aliphatic carbocycles. The third-order valence-corrected chi connectivity index (χ3v) is 5.13. The molecule has 1 amide bonds. The Bertz CT molecular complexity index is 910. The molecule has 0 saturated heterocycles. The minimum absolute atomic E-state index is 0.351. The van der Waals surface area contributed by atoms with E-state index in [1.54, 1.807) is 24.3 Å². The van der Waals surface area contributed by atoms with Gasteiger partial charge in [-0.25, -0.2) is 4.79 Å². The van der Waals surface area contributed by atoms with Crippen molar-refractivity contribution >= 4 is 35.2 Å². The lowest BCUT2D eigenvalue weighted by Crippen LogP contribution is -2.20. The Morgan fingerprint density at radius 2 is 2.04 bits per heavy atom. The maximum atomic E-state index is 12.0. The number of benzene rings is 1. The Morgan fingerprint density at radius 1 is 1.30 bits per heavy atom. The largest absolute Gasteiger partial charge is 0.452 e. The summed E-state index contributed by atoms with van der Waals surface area (Å²) in [4.78, 5) is 23.9. The van der Waals surface area contributed by atoms with Crippen molar-refractivity contribution in [2.45, 2.75) is 39.7 Å². The lowest BCUT2D eigenvalue weighted by Gasteiger charge is -2.09. The Hall–Kier alpha value is -2.53. The van der Waals surface area contributed by atoms with Crippen LogP contribution in [0, 0.1) is 20.8 Å². The van der Waals surface area contributed by atoms with Crippen LogP contribution in [0.3, 0.4) is 0 Å². The highest BCUT2D eigenvalue weighted by Crippen LogP contribution is 2.38. The first-order valence-electron chi connectivity index (χ1n) is 8.95. The number of esters is 1. The summed E-state index contributed by atoms with van der Waals surface area (Å²) in [5.74, 6) is -0.960. The number of nitrogens with one attached hydrogen (secondary N) is 1. The van der Waals surface area contributed by atoms with Gasteiger partial charge in [-0.05, 0) is 69.0 Å². The second-order valence-corrected chi connectivity index (χ2v) is 7.24. The maximum absolute atomic E-state index is 12.0. The molecule has 0 spiro atoms. The molecule has 1 heterocycles. The van der Waals surface area contributed by atoms with Gasteiger partial charge in [0, 0.05) is 34.2 Å². The van der Waals surface area contributed by atoms with Crippen LogP contribution in [-0.2, 0) is 14.3 Å². The van der Waals surface area contributed by atoms with E-state index in [1.807, 2.05) is 6.92 Å². The summed E-state index contributed by atoms with van der Waals surface area (Å²) in [7, 11) is 0. The zero-order valence-corrected chi connectivity index (χ0v) is 16.5. The molecule has 0 aliphatic heterocycles. The number of ether oxygens (including phenoxy) is 1. The summed E-state index contributed by atoms with van der Waals surface area (Å²) in [5.41, 5.74) is 4.71. The Morgan fingerprint density at radius 3 is 2.74 bits per heavy atom. The second kappa shape index (κ2) is 8.01. The van der Waals surface area contributed by atoms with Crippen LogP contribution in [0.5, 0.6) is 0 Å². The standard InChI is InChI=1S/C21H23ClN2O3/c1-13-11-16(15(3)24(13)17-8-9-17)7-10-21(26)27-12-20(25)23-19-6-4-5-18(22)14(19)2/h4-7,10-11,17H,8-9,12H2,1-3H3,(H,23,25)/b10-7+. The van der Waals surface area contributed by atoms with Crippen molar-refractivity contribution in [3.05, 3.63) is 57.9 Å². The number of aryl methyl sites for hydroxylation is 1. The smallest absolute Gasteiger partial charge is 0.331 e. The first-order valence-corrected chi connectivity index (χ1v) is 9.33. The number of carbonyl (C=O) groups is 2. The fourth-order valence-electron chi connectivity index (χ4n) is 3.14. The van der Waals surface area contributed by atoms with Crippen LogP contribution in [0.2, 0.25) is 5.02 Å². The van der Waals surface area contributed by atoms with Crippen LogP contribution in [0.1, 0.15) is 41.4 Å². The SMILES string of the molecule is Cc1c(Cl)cccc1NC(=O)COC(=O)/C=C/c1cc(C)n(C2CC2)c1C. The summed E-state index contributed by atoms with van der Waals surface area (Å²) < 4.78 is 7.34. The van der Waals surface area contributed by atoms with Gasteiger partial charge in [-0.2, -0.15) is 0 Å². The number of rotatable bonds is 6. The molecule has 5 nitrogen and oxygen atoms in total. The average molecular weight is 387 g/mol. The van der Waals surface area contributed by atoms with Crippen LogP contribution in [0.25, 0.3) is 6.08 Å². The van der Waals surface area contributed by atoms with E-state index in [1.165, 1.54) is 24.6 Å². The van der Waals surface area contributed by atoms with Gasteiger partial charge in [-0.15, -0.1) is 0 Å². The number of aromatic nitrogens is 1. The molecule has 0 radical (unpaired) electrons. The Kier molecular flexibility index (Phi) is 5.71. The quantitative estimate of drug-likeness (QED) is 0.583. The fraction of sp³-hybridized carbons (Fsp3) is 0.333. The van der Waals surface area contributed by atoms with E-state index in [9.17, 15) is 9.59 Å². The topological polar surface area (TPSA) is 60.3 Å². The Balaban J connectivity index is 1.53. The number of hydrogen-bond donors (Lipinski definition) is 1. The van der Waals surface area contributed by atoms with Gasteiger partial charge in [0.1, 0.15) is 0 Å². The summed E-state index contributed by atoms with van der Waals surface area (Å²) in [6.07, 6.45) is 5.52. The maximum Gasteiger partial charge on any atom is 0.331 e. The van der Waals surface area contributed by atoms with Gasteiger partial charge in [-0.3, -0.25) is 4.79 Å². The molecule has 1 aliphatic rings. The number of carbonyl (C=O) groups excluding carboxylic acids is 2. The van der Waals surface area contributed by atoms with Crippen molar-refractivity contribution < 1.29 is 14.3 Å². The molecular formula is C21H23ClN2O3. The molecule has 0 bridgehead atoms. The molecule has 1 aromatic carbocycles. The predicted octanol–water partition coefficient (Wildman–Crippen LogP) is 4.60. The first-order chi connectivity index (χ1) is 12.9. The van der Waals surface area contributed by atoms with E-state index in [2.05, 4.69) is 29.8 Å². The van der Waals surface area contributed by atoms with E-state index in [4.69, 9.17) is 16.3 Å². The zero-order chi connectivity index (χ0) is 19.6. The van der Waals surface area contributed by atoms with E-state index in [0.29, 0.717) is 16.8 Å². The van der Waals surface area contributed by atoms with Gasteiger partial charge < -0.3 is 14.6 Å². The second-order valence-electron chi connectivity index (χ2n) is 6.83. The van der Waals surface area contributed by atoms with Crippen LogP contribution < -0.4 is 5.32 Å². The first kappa shape index (κ1) is 19.2. The minimum Gasteiger partial charge on any atom is -0.452 e. The number of nitrogens with zero attached hydrogens (tertiary/aromatic N) is 1. The molecule has 1 saturated carbocycles. The molecule has 1 fully saturated rings. The van der Waals surface area contributed by atoms with Crippen molar-refractivity contribution in [1.29, 1.82) is 0 Å². The minimum atomic E-state index is -0.552. The number of anilines is 1. The molecule has 6 heteroatoms. The third-order valence-electron chi connectivity index (χ3n) is 4.72. The van der Waals surface area contributed by atoms with E-state index >= 15 is 0 Å². The summed E-state index contributed by atoms with van der Waals surface area (Å²) >= 11 is 6.03. The summed E-state index contributed by atoms with van der Waals surface area (Å²) in [5, 5.41) is 3.26. The number of halogens is 1. The van der Waals surface area contributed by atoms with Crippen LogP contribution in [0.4, 0.5) is 5.69 Å². The number of hydrogen-bond acceptors (Lipinski definition) is 3. The highest BCUT2D eigenvalue weighted by molar-refractivity contribution is 6.31. The summed E-state index contributed by atoms with van der Waals surface area (Å²) in [6.45, 7) is 5.58. The normalized spacial score (nSPS) is 13.8. The molecule has 2 aromatic rings. The van der Waals surface area contributed by atoms with Crippen LogP contribution in [0.15, 0.2) is 30.3 Å². The van der Waals surface area contributed by atoms with Crippen LogP contribution in [-0.4, -0.2) is 23.1 Å². The molecule has 0 atom stereocenters. The van der Waals surface area contributed by atoms with Crippen molar-refractivity contribution in [2.75, 3.05) is 11.9 Å². The van der Waals surface area contributed by atoms with Gasteiger partial charge >= 0.3 is 5.97 Å². The van der Waals surface area contributed by atoms with Gasteiger partial charge in [0.25, 0.3) is 5.91 Å². The molecular weight excluding hydrogens is 364 g/mol. The van der Waals surface area contributed by atoms with Crippen molar-refractivity contribution in [2.24, 2.45) is 0 Å². The lowest BCUT2D eigenvalue weighted by molar-refractivity contribution is -0.142. The highest BCUT2D eigenvalue weighted by atomic mass is 35.5. The van der Waals surface area contributed by atoms with E-state index in [0.717, 1.165) is 16.8 Å². The lowest BCUT2D eigenvalue weighted by atomic mass is 10.2. The van der Waals surface area contributed by atoms with Crippen molar-refractivity contribution in [3.8, 4) is 0 Å². The van der Waals surface area contributed by atoms with Gasteiger partial charge in [-0.1, -0.05) is 17.7 Å². The summed E-state index contributed by atoms with van der Waals surface area (Å²) in [6, 6.07) is 7.90. The van der Waals surface area contributed by atoms with Crippen LogP contribution >= 0.6 is 11.6 Å². The predicted molar refractivity (Wildman–Crippen MR) is 107 cm³/mol. The van der Waals surface area contributed by atoms with Gasteiger partial charge in [0.2, 0.25) is 0 Å². The molecule has 27 heavy (non-hydrogen) atoms. The molecule has 3 rings (SSSR count). The molecule has 1 N–H and O–H groups in total. The molecule has 0 unspecified atom stereocenters. The molecule has 142 valence electrons. The van der Waals surface area contributed by atoms with E-state index < -0.39 is 11.9 Å². The zero-order valence-electron chi connectivity index (χ0n) is 15.7. The number of amides is 1. The Labute approximate surface area is 164 Å². The molecule has 1 aromatic heterocycles. The van der Waals surface area contributed by atoms with Gasteiger partial charge in [0.15, 0.2) is 6.61 Å². The monoisotopic (exact) mass is 386 g/mol. The van der Waals surface area contributed by atoms with Gasteiger partial charge in [0.05, 0.1) is 0 Å². The van der Waals surface area contributed by atoms with E-state index in [-0.39, 0.29) is 6.61 Å². The average Bonchev–Trinajstić information content (AvgIpc) is 3.41.